The lowest BCUT2D eigenvalue weighted by Crippen LogP contribution is -1.74. The molecule has 0 aliphatic heterocycles. The van der Waals surface area contributed by atoms with Crippen LogP contribution in [0.5, 0.6) is 0 Å². The zero-order valence-electron chi connectivity index (χ0n) is 6.23. The van der Waals surface area contributed by atoms with Crippen molar-refractivity contribution in [3.8, 4) is 0 Å². The van der Waals surface area contributed by atoms with Crippen molar-refractivity contribution in [2.24, 2.45) is 0 Å². The smallest absolute Gasteiger partial charge is 0.0620 e. The Bertz CT molecular complexity index is 216. The van der Waals surface area contributed by atoms with Crippen LogP contribution in [-0.4, -0.2) is 0 Å². The highest BCUT2D eigenvalue weighted by molar-refractivity contribution is 5.23. The van der Waals surface area contributed by atoms with Crippen LogP contribution in [0.4, 0.5) is 0 Å². The minimum Gasteiger partial charge on any atom is -0.0620 e. The second-order valence-corrected chi connectivity index (χ2v) is 2.01. The van der Waals surface area contributed by atoms with Crippen molar-refractivity contribution in [2.75, 3.05) is 0 Å². The molecule has 0 unspecified atom stereocenters. The lowest BCUT2D eigenvalue weighted by Gasteiger charge is -1.93. The van der Waals surface area contributed by atoms with Crippen molar-refractivity contribution in [3.05, 3.63) is 35.4 Å². The average Bonchev–Trinajstić information content (AvgIpc) is 1.80. The lowest BCUT2D eigenvalue weighted by atomic mass is 10.1. The Morgan fingerprint density at radius 1 is 1.25 bits per heavy atom. The molecule has 0 heteroatoms. The maximum absolute atomic E-state index is 7.23. The Morgan fingerprint density at radius 3 is 2.38 bits per heavy atom. The van der Waals surface area contributed by atoms with Gasteiger partial charge in [-0.1, -0.05) is 24.2 Å². The molecule has 1 aromatic rings. The van der Waals surface area contributed by atoms with Gasteiger partial charge in [-0.2, -0.15) is 0 Å². The van der Waals surface area contributed by atoms with Crippen LogP contribution in [0.25, 0.3) is 0 Å². The fourth-order valence-corrected chi connectivity index (χ4v) is 0.592. The third kappa shape index (κ3) is 0.890. The first kappa shape index (κ1) is 4.13. The van der Waals surface area contributed by atoms with Gasteiger partial charge < -0.3 is 0 Å². The monoisotopic (exact) mass is 107 g/mol. The zero-order valence-corrected chi connectivity index (χ0v) is 5.23. The number of benzene rings is 1. The van der Waals surface area contributed by atoms with Crippen molar-refractivity contribution in [2.45, 2.75) is 13.8 Å². The standard InChI is InChI=1S/C8H10/c1-7-5-3-4-6-8(7)2/h3-6H,1-2H3/i3D. The van der Waals surface area contributed by atoms with Crippen LogP contribution < -0.4 is 0 Å². The quantitative estimate of drug-likeness (QED) is 0.477. The molecule has 8 heavy (non-hydrogen) atoms. The Kier molecular flexibility index (Phi) is 1.03. The second-order valence-electron chi connectivity index (χ2n) is 2.01. The Labute approximate surface area is 51.6 Å². The van der Waals surface area contributed by atoms with Gasteiger partial charge >= 0.3 is 0 Å². The molecule has 0 aliphatic carbocycles. The van der Waals surface area contributed by atoms with Gasteiger partial charge in [0.2, 0.25) is 0 Å². The van der Waals surface area contributed by atoms with Gasteiger partial charge in [0.05, 0.1) is 1.37 Å². The van der Waals surface area contributed by atoms with E-state index < -0.39 is 0 Å². The zero-order chi connectivity index (χ0) is 6.85. The number of rotatable bonds is 0. The minimum absolute atomic E-state index is 0.595. The van der Waals surface area contributed by atoms with Gasteiger partial charge in [-0.15, -0.1) is 0 Å². The number of hydrogen-bond donors (Lipinski definition) is 0. The van der Waals surface area contributed by atoms with Gasteiger partial charge in [-0.3, -0.25) is 0 Å². The molecule has 0 aliphatic rings. The minimum atomic E-state index is 0.595. The Hall–Kier alpha value is -0.780. The molecule has 0 spiro atoms. The molecule has 0 heterocycles. The van der Waals surface area contributed by atoms with Crippen LogP contribution in [0, 0.1) is 13.8 Å². The molecule has 0 radical (unpaired) electrons. The largest absolute Gasteiger partial charge is 0.0623 e. The van der Waals surface area contributed by atoms with Crippen LogP contribution in [0.3, 0.4) is 0 Å². The van der Waals surface area contributed by atoms with Crippen molar-refractivity contribution >= 4 is 0 Å². The molecule has 1 rings (SSSR count). The molecule has 0 saturated heterocycles. The highest BCUT2D eigenvalue weighted by Gasteiger charge is 1.83. The third-order valence-electron chi connectivity index (χ3n) is 1.35. The molecule has 0 N–H and O–H groups in total. The van der Waals surface area contributed by atoms with Gasteiger partial charge in [-0.05, 0) is 25.0 Å². The molecule has 42 valence electrons. The number of aryl methyl sites for hydroxylation is 2. The summed E-state index contributed by atoms with van der Waals surface area (Å²) in [6.45, 7) is 4.07. The molecular formula is C8H10. The van der Waals surface area contributed by atoms with E-state index in [-0.39, 0.29) is 0 Å². The summed E-state index contributed by atoms with van der Waals surface area (Å²) in [5.41, 5.74) is 2.45. The van der Waals surface area contributed by atoms with Crippen molar-refractivity contribution in [1.82, 2.24) is 0 Å². The first-order valence-corrected chi connectivity index (χ1v) is 2.74. The lowest BCUT2D eigenvalue weighted by molar-refractivity contribution is 1.34. The van der Waals surface area contributed by atoms with Gasteiger partial charge in [0.25, 0.3) is 0 Å². The van der Waals surface area contributed by atoms with Crippen molar-refractivity contribution < 1.29 is 1.37 Å². The van der Waals surface area contributed by atoms with E-state index in [0.29, 0.717) is 6.04 Å². The fraction of sp³-hybridized carbons (Fsp3) is 0.250. The third-order valence-corrected chi connectivity index (χ3v) is 1.35. The van der Waals surface area contributed by atoms with E-state index in [9.17, 15) is 0 Å². The highest BCUT2D eigenvalue weighted by atomic mass is 13.9. The fourth-order valence-electron chi connectivity index (χ4n) is 0.592. The van der Waals surface area contributed by atoms with E-state index in [2.05, 4.69) is 6.92 Å². The molecule has 0 amide bonds. The summed E-state index contributed by atoms with van der Waals surface area (Å²) in [7, 11) is 0. The molecule has 0 saturated carbocycles. The first-order valence-electron chi connectivity index (χ1n) is 3.24. The summed E-state index contributed by atoms with van der Waals surface area (Å²) in [4.78, 5) is 0. The predicted octanol–water partition coefficient (Wildman–Crippen LogP) is 2.30. The van der Waals surface area contributed by atoms with Crippen molar-refractivity contribution in [3.63, 3.8) is 0 Å². The topological polar surface area (TPSA) is 0 Å². The maximum Gasteiger partial charge on any atom is 0.0623 e. The van der Waals surface area contributed by atoms with E-state index in [1.807, 2.05) is 25.1 Å². The van der Waals surface area contributed by atoms with Gasteiger partial charge in [0.1, 0.15) is 0 Å². The molecule has 0 aromatic heterocycles. The summed E-state index contributed by atoms with van der Waals surface area (Å²) in [6, 6.07) is 6.24. The second kappa shape index (κ2) is 1.99. The summed E-state index contributed by atoms with van der Waals surface area (Å²) >= 11 is 0. The van der Waals surface area contributed by atoms with E-state index in [1.54, 1.807) is 0 Å². The summed E-state index contributed by atoms with van der Waals surface area (Å²) in [6.07, 6.45) is 0. The first-order chi connectivity index (χ1) is 4.20. The number of hydrogen-bond acceptors (Lipinski definition) is 0. The summed E-state index contributed by atoms with van der Waals surface area (Å²) in [5.74, 6) is 0. The molecule has 1 aromatic carbocycles. The normalized spacial score (nSPS) is 11.0. The maximum atomic E-state index is 7.23. The molecule has 0 atom stereocenters. The van der Waals surface area contributed by atoms with Crippen LogP contribution in [0.1, 0.15) is 12.5 Å². The van der Waals surface area contributed by atoms with Crippen LogP contribution in [0.2, 0.25) is 0 Å². The van der Waals surface area contributed by atoms with E-state index in [0.717, 1.165) is 0 Å². The molecule has 0 bridgehead atoms. The molecular weight excluding hydrogens is 96.1 g/mol. The summed E-state index contributed by atoms with van der Waals surface area (Å²) < 4.78 is 7.23. The Morgan fingerprint density at radius 2 is 1.88 bits per heavy atom. The van der Waals surface area contributed by atoms with Crippen LogP contribution in [0.15, 0.2) is 24.2 Å². The summed E-state index contributed by atoms with van der Waals surface area (Å²) in [5, 5.41) is 0. The van der Waals surface area contributed by atoms with E-state index in [4.69, 9.17) is 1.37 Å². The van der Waals surface area contributed by atoms with Gasteiger partial charge in [-0.25, -0.2) is 0 Å². The molecule has 0 nitrogen and oxygen atoms in total. The van der Waals surface area contributed by atoms with Crippen molar-refractivity contribution in [1.29, 1.82) is 0 Å². The van der Waals surface area contributed by atoms with Gasteiger partial charge in [0.15, 0.2) is 0 Å². The average molecular weight is 107 g/mol. The van der Waals surface area contributed by atoms with E-state index in [1.165, 1.54) is 11.1 Å². The molecule has 0 fully saturated rings. The predicted molar refractivity (Wildman–Crippen MR) is 35.9 cm³/mol. The SMILES string of the molecule is [2H]c1ccc(C)c(C)c1. The van der Waals surface area contributed by atoms with Crippen LogP contribution >= 0.6 is 0 Å². The van der Waals surface area contributed by atoms with Crippen LogP contribution in [-0.2, 0) is 0 Å². The Balaban J connectivity index is 3.17. The van der Waals surface area contributed by atoms with Gasteiger partial charge in [0, 0.05) is 0 Å². The van der Waals surface area contributed by atoms with E-state index >= 15 is 0 Å². The highest BCUT2D eigenvalue weighted by Crippen LogP contribution is 2.02.